The van der Waals surface area contributed by atoms with Crippen molar-refractivity contribution in [1.29, 1.82) is 0 Å². The molecule has 0 bridgehead atoms. The summed E-state index contributed by atoms with van der Waals surface area (Å²) in [5.41, 5.74) is 0. The summed E-state index contributed by atoms with van der Waals surface area (Å²) in [5.74, 6) is 2.07. The molecule has 1 heterocycles. The van der Waals surface area contributed by atoms with Crippen LogP contribution in [0.15, 0.2) is 152 Å². The van der Waals surface area contributed by atoms with Crippen molar-refractivity contribution in [2.75, 3.05) is 0 Å². The molecule has 1 aliphatic rings. The van der Waals surface area contributed by atoms with Gasteiger partial charge in [0.1, 0.15) is 0 Å². The first-order chi connectivity index (χ1) is 22.7. The maximum atomic E-state index is 12.8. The first-order valence-corrected chi connectivity index (χ1v) is 20.2. The lowest BCUT2D eigenvalue weighted by molar-refractivity contribution is 0.345. The molecule has 242 valence electrons. The Bertz CT molecular complexity index is 1630. The highest BCUT2D eigenvalue weighted by Crippen LogP contribution is 2.76. The summed E-state index contributed by atoms with van der Waals surface area (Å²) in [6, 6.07) is 46.8. The Hall–Kier alpha value is -3.77. The average molecular weight is 691 g/mol. The summed E-state index contributed by atoms with van der Waals surface area (Å²) in [5, 5.41) is 6.10. The number of hydrogen-bond acceptors (Lipinski definition) is 9. The quantitative estimate of drug-likeness (QED) is 0.107. The van der Waals surface area contributed by atoms with Crippen LogP contribution in [0, 0.1) is 0 Å². The molecule has 1 aliphatic heterocycles. The van der Waals surface area contributed by atoms with E-state index in [1.54, 1.807) is 12.1 Å². The van der Waals surface area contributed by atoms with Crippen molar-refractivity contribution in [2.24, 2.45) is 0 Å². The lowest BCUT2D eigenvalue weighted by atomic mass is 10.3. The van der Waals surface area contributed by atoms with E-state index in [1.807, 2.05) is 160 Å². The highest BCUT2D eigenvalue weighted by Gasteiger charge is 2.77. The maximum absolute atomic E-state index is 12.8. The molecular formula is C35H39N3O6P3+3. The summed E-state index contributed by atoms with van der Waals surface area (Å²) >= 11 is 0. The average Bonchev–Trinajstić information content (AvgIpc) is 3.06. The Morgan fingerprint density at radius 3 is 1.19 bits per heavy atom. The first kappa shape index (κ1) is 33.1. The molecule has 1 fully saturated rings. The van der Waals surface area contributed by atoms with Gasteiger partial charge < -0.3 is 0 Å². The van der Waals surface area contributed by atoms with Gasteiger partial charge in [0, 0.05) is 13.8 Å². The van der Waals surface area contributed by atoms with Crippen LogP contribution < -0.4 is 37.7 Å². The summed E-state index contributed by atoms with van der Waals surface area (Å²) in [4.78, 5) is 16.2. The van der Waals surface area contributed by atoms with Crippen molar-refractivity contribution in [3.8, 4) is 28.7 Å². The van der Waals surface area contributed by atoms with Crippen molar-refractivity contribution >= 4 is 23.8 Å². The Kier molecular flexibility index (Phi) is 9.98. The van der Waals surface area contributed by atoms with Gasteiger partial charge in [-0.15, -0.1) is 0 Å². The molecule has 0 aliphatic carbocycles. The van der Waals surface area contributed by atoms with Crippen molar-refractivity contribution in [1.82, 2.24) is 15.0 Å². The lowest BCUT2D eigenvalue weighted by Crippen LogP contribution is -2.57. The fraction of sp³-hybridized carbons (Fsp3) is 0.143. The fourth-order valence-electron chi connectivity index (χ4n) is 4.95. The Morgan fingerprint density at radius 1 is 0.511 bits per heavy atom. The smallest absolute Gasteiger partial charge is 0.288 e. The number of nitrogens with one attached hydrogen (secondary N) is 3. The van der Waals surface area contributed by atoms with Crippen LogP contribution in [0.25, 0.3) is 0 Å². The molecule has 0 radical (unpaired) electrons. The maximum Gasteiger partial charge on any atom is 0.515 e. The third-order valence-electron chi connectivity index (χ3n) is 7.21. The molecule has 12 heteroatoms. The van der Waals surface area contributed by atoms with E-state index in [4.69, 9.17) is 22.6 Å². The van der Waals surface area contributed by atoms with Gasteiger partial charge in [-0.25, -0.2) is 0 Å². The van der Waals surface area contributed by atoms with Crippen LogP contribution in [0.1, 0.15) is 20.8 Å². The molecule has 9 nitrogen and oxygen atoms in total. The summed E-state index contributed by atoms with van der Waals surface area (Å²) in [7, 11) is -10.7. The number of para-hydroxylation sites is 5. The molecule has 0 spiro atoms. The van der Waals surface area contributed by atoms with E-state index >= 15 is 0 Å². The Labute approximate surface area is 277 Å². The molecule has 5 aromatic rings. The Morgan fingerprint density at radius 2 is 0.830 bits per heavy atom. The number of benzene rings is 5. The van der Waals surface area contributed by atoms with Crippen LogP contribution in [0.3, 0.4) is 0 Å². The van der Waals surface area contributed by atoms with Crippen LogP contribution >= 0.6 is 23.8 Å². The molecule has 1 saturated heterocycles. The third kappa shape index (κ3) is 7.86. The van der Waals surface area contributed by atoms with Gasteiger partial charge >= 0.3 is 23.8 Å². The molecule has 2 unspecified atom stereocenters. The van der Waals surface area contributed by atoms with Gasteiger partial charge in [-0.1, -0.05) is 101 Å². The number of hydrogen-bond donors (Lipinski definition) is 4. The minimum atomic E-state index is -3.87. The molecule has 4 N–H and O–H groups in total. The summed E-state index contributed by atoms with van der Waals surface area (Å²) in [6.07, 6.45) is 0. The standard InChI is InChI=1S/C35H39N3O6P3/c1-29-36-46(42-32-23-13-6-14-24-32,43-33-25-15-7-16-26-33)35(2,3)37-47(39,44-34-27-17-8-18-28-34)38-45(29,40-30-19-9-4-10-20-30)41-31-21-11-5-12-22-31/h4-29,36-39H,1-3H3/q+3. The van der Waals surface area contributed by atoms with Gasteiger partial charge in [-0.2, -0.15) is 4.89 Å². The van der Waals surface area contributed by atoms with Crippen molar-refractivity contribution < 1.29 is 27.5 Å². The lowest BCUT2D eigenvalue weighted by Gasteiger charge is -2.41. The SMILES string of the molecule is CC1N[P+](Oc2ccccc2)(Oc2ccccc2)C(C)(C)N[P+](O)(Oc2ccccc2)N[P+]1(Oc1ccccc1)Oc1ccccc1. The van der Waals surface area contributed by atoms with Gasteiger partial charge in [-0.05, 0) is 67.6 Å². The van der Waals surface area contributed by atoms with Gasteiger partial charge in [0.25, 0.3) is 0 Å². The van der Waals surface area contributed by atoms with Crippen LogP contribution in [0.5, 0.6) is 28.7 Å². The van der Waals surface area contributed by atoms with E-state index in [0.717, 1.165) is 0 Å². The normalized spacial score (nSPS) is 21.3. The zero-order valence-electron chi connectivity index (χ0n) is 26.3. The van der Waals surface area contributed by atoms with Crippen LogP contribution in [0.2, 0.25) is 0 Å². The first-order valence-electron chi connectivity index (χ1n) is 15.2. The van der Waals surface area contributed by atoms with Crippen LogP contribution in [-0.2, 0) is 0 Å². The van der Waals surface area contributed by atoms with E-state index in [1.165, 1.54) is 0 Å². The zero-order valence-corrected chi connectivity index (χ0v) is 29.0. The summed E-state index contributed by atoms with van der Waals surface area (Å²) < 4.78 is 34.1. The second-order valence-electron chi connectivity index (χ2n) is 11.3. The predicted molar refractivity (Wildman–Crippen MR) is 191 cm³/mol. The molecule has 2 atom stereocenters. The molecule has 0 saturated carbocycles. The van der Waals surface area contributed by atoms with Crippen LogP contribution in [0.4, 0.5) is 0 Å². The van der Waals surface area contributed by atoms with Gasteiger partial charge in [-0.3, -0.25) is 22.6 Å². The largest absolute Gasteiger partial charge is 0.515 e. The number of rotatable bonds is 10. The van der Waals surface area contributed by atoms with E-state index < -0.39 is 34.8 Å². The fourth-order valence-corrected chi connectivity index (χ4v) is 14.5. The highest BCUT2D eigenvalue weighted by molar-refractivity contribution is 7.81. The van der Waals surface area contributed by atoms with E-state index in [-0.39, 0.29) is 0 Å². The van der Waals surface area contributed by atoms with Gasteiger partial charge in [0.15, 0.2) is 28.7 Å². The molecule has 0 amide bonds. The van der Waals surface area contributed by atoms with E-state index in [0.29, 0.717) is 28.7 Å². The van der Waals surface area contributed by atoms with E-state index in [2.05, 4.69) is 15.0 Å². The van der Waals surface area contributed by atoms with Crippen molar-refractivity contribution in [2.45, 2.75) is 31.8 Å². The molecule has 5 aromatic carbocycles. The van der Waals surface area contributed by atoms with Gasteiger partial charge in [0.05, 0.1) is 4.86 Å². The second-order valence-corrected chi connectivity index (χ2v) is 18.9. The molecule has 0 aromatic heterocycles. The van der Waals surface area contributed by atoms with Crippen molar-refractivity contribution in [3.05, 3.63) is 152 Å². The van der Waals surface area contributed by atoms with E-state index in [9.17, 15) is 4.89 Å². The Balaban J connectivity index is 1.55. The minimum Gasteiger partial charge on any atom is -0.288 e. The summed E-state index contributed by atoms with van der Waals surface area (Å²) in [6.45, 7) is 5.79. The van der Waals surface area contributed by atoms with Crippen LogP contribution in [-0.4, -0.2) is 16.0 Å². The third-order valence-corrected chi connectivity index (χ3v) is 16.5. The monoisotopic (exact) mass is 690 g/mol. The van der Waals surface area contributed by atoms with Gasteiger partial charge in [0.2, 0.25) is 11.1 Å². The highest BCUT2D eigenvalue weighted by atomic mass is 31.3. The molecule has 47 heavy (non-hydrogen) atoms. The predicted octanol–water partition coefficient (Wildman–Crippen LogP) is 9.44. The topological polar surface area (TPSA) is 102 Å². The molecule has 6 rings (SSSR count). The minimum absolute atomic E-state index is 0.453. The zero-order chi connectivity index (χ0) is 32.8. The second kappa shape index (κ2) is 14.1. The van der Waals surface area contributed by atoms with Crippen molar-refractivity contribution in [3.63, 3.8) is 0 Å². The molecular weight excluding hydrogens is 651 g/mol.